The van der Waals surface area contributed by atoms with E-state index in [1.807, 2.05) is 20.8 Å². The van der Waals surface area contributed by atoms with E-state index in [0.29, 0.717) is 0 Å². The molecule has 0 aromatic rings. The van der Waals surface area contributed by atoms with Crippen LogP contribution in [0.1, 0.15) is 34.1 Å². The van der Waals surface area contributed by atoms with Crippen LogP contribution >= 0.6 is 0 Å². The van der Waals surface area contributed by atoms with Crippen LogP contribution in [-0.2, 0) is 9.53 Å². The van der Waals surface area contributed by atoms with Crippen molar-refractivity contribution in [1.82, 2.24) is 10.6 Å². The molecule has 0 saturated carbocycles. The van der Waals surface area contributed by atoms with Gasteiger partial charge >= 0.3 is 0 Å². The first kappa shape index (κ1) is 14.4. The van der Waals surface area contributed by atoms with Gasteiger partial charge in [0.2, 0.25) is 5.91 Å². The molecular formula is C11H24N2O2. The van der Waals surface area contributed by atoms with Gasteiger partial charge < -0.3 is 15.4 Å². The molecule has 0 radical (unpaired) electrons. The van der Waals surface area contributed by atoms with Crippen LogP contribution in [0.4, 0.5) is 0 Å². The van der Waals surface area contributed by atoms with Gasteiger partial charge in [0, 0.05) is 20.2 Å². The van der Waals surface area contributed by atoms with E-state index in [0.717, 1.165) is 6.42 Å². The molecule has 0 heterocycles. The highest BCUT2D eigenvalue weighted by Gasteiger charge is 2.22. The maximum atomic E-state index is 11.3. The third-order valence-electron chi connectivity index (χ3n) is 2.52. The Hall–Kier alpha value is -0.610. The highest BCUT2D eigenvalue weighted by molar-refractivity contribution is 5.80. The minimum atomic E-state index is -0.169. The number of amides is 1. The normalized spacial score (nSPS) is 15.9. The predicted octanol–water partition coefficient (Wildman–Crippen LogP) is 0.914. The molecule has 0 fully saturated rings. The number of nitrogens with one attached hydrogen (secondary N) is 2. The van der Waals surface area contributed by atoms with E-state index in [1.54, 1.807) is 14.2 Å². The summed E-state index contributed by atoms with van der Waals surface area (Å²) in [6.07, 6.45) is 0.866. The van der Waals surface area contributed by atoms with Crippen molar-refractivity contribution in [2.75, 3.05) is 14.2 Å². The van der Waals surface area contributed by atoms with Crippen LogP contribution in [0.2, 0.25) is 0 Å². The zero-order valence-electron chi connectivity index (χ0n) is 10.7. The molecule has 2 N–H and O–H groups in total. The number of methoxy groups -OCH3 is 1. The second-order valence-corrected chi connectivity index (χ2v) is 4.57. The van der Waals surface area contributed by atoms with Gasteiger partial charge in [0.15, 0.2) is 0 Å². The minimum Gasteiger partial charge on any atom is -0.379 e. The third-order valence-corrected chi connectivity index (χ3v) is 2.52. The van der Waals surface area contributed by atoms with Crippen molar-refractivity contribution in [2.24, 2.45) is 0 Å². The predicted molar refractivity (Wildman–Crippen MR) is 61.8 cm³/mol. The average molecular weight is 216 g/mol. The summed E-state index contributed by atoms with van der Waals surface area (Å²) in [4.78, 5) is 11.3. The molecule has 0 bridgehead atoms. The quantitative estimate of drug-likeness (QED) is 0.694. The maximum Gasteiger partial charge on any atom is 0.236 e. The van der Waals surface area contributed by atoms with Crippen molar-refractivity contribution in [3.63, 3.8) is 0 Å². The maximum absolute atomic E-state index is 11.3. The van der Waals surface area contributed by atoms with Gasteiger partial charge in [-0.15, -0.1) is 0 Å². The summed E-state index contributed by atoms with van der Waals surface area (Å²) in [6.45, 7) is 7.99. The van der Waals surface area contributed by atoms with Gasteiger partial charge in [0.1, 0.15) is 0 Å². The summed E-state index contributed by atoms with van der Waals surface area (Å²) >= 11 is 0. The number of hydrogen-bond acceptors (Lipinski definition) is 3. The zero-order chi connectivity index (χ0) is 12.1. The summed E-state index contributed by atoms with van der Waals surface area (Å²) in [6, 6.07) is 0.0740. The van der Waals surface area contributed by atoms with E-state index >= 15 is 0 Å². The monoisotopic (exact) mass is 216 g/mol. The lowest BCUT2D eigenvalue weighted by atomic mass is 9.99. The van der Waals surface area contributed by atoms with Gasteiger partial charge in [-0.3, -0.25) is 4.79 Å². The number of carbonyl (C=O) groups excluding carboxylic acids is 1. The smallest absolute Gasteiger partial charge is 0.236 e. The molecule has 2 unspecified atom stereocenters. The van der Waals surface area contributed by atoms with Crippen molar-refractivity contribution in [1.29, 1.82) is 0 Å². The number of carbonyl (C=O) groups is 1. The summed E-state index contributed by atoms with van der Waals surface area (Å²) in [5, 5.41) is 5.84. The van der Waals surface area contributed by atoms with Crippen LogP contribution in [0.5, 0.6) is 0 Å². The lowest BCUT2D eigenvalue weighted by Gasteiger charge is -2.28. The van der Waals surface area contributed by atoms with Crippen LogP contribution in [0, 0.1) is 0 Å². The van der Waals surface area contributed by atoms with E-state index in [9.17, 15) is 4.79 Å². The van der Waals surface area contributed by atoms with Gasteiger partial charge in [0.25, 0.3) is 0 Å². The fraction of sp³-hybridized carbons (Fsp3) is 0.909. The van der Waals surface area contributed by atoms with Crippen molar-refractivity contribution in [3.05, 3.63) is 0 Å². The van der Waals surface area contributed by atoms with E-state index in [-0.39, 0.29) is 23.6 Å². The molecule has 90 valence electrons. The molecule has 0 spiro atoms. The molecule has 0 rings (SSSR count). The highest BCUT2D eigenvalue weighted by Crippen LogP contribution is 2.15. The Morgan fingerprint density at radius 1 is 1.40 bits per heavy atom. The van der Waals surface area contributed by atoms with Crippen molar-refractivity contribution >= 4 is 5.91 Å². The van der Waals surface area contributed by atoms with E-state index in [1.165, 1.54) is 0 Å². The first-order valence-corrected chi connectivity index (χ1v) is 5.35. The molecule has 1 amide bonds. The summed E-state index contributed by atoms with van der Waals surface area (Å²) in [5.74, 6) is 0.0112. The zero-order valence-corrected chi connectivity index (χ0v) is 10.7. The molecule has 15 heavy (non-hydrogen) atoms. The van der Waals surface area contributed by atoms with Crippen LogP contribution < -0.4 is 10.6 Å². The Bertz CT molecular complexity index is 205. The fourth-order valence-electron chi connectivity index (χ4n) is 1.60. The lowest BCUT2D eigenvalue weighted by Crippen LogP contribution is -2.46. The highest BCUT2D eigenvalue weighted by atomic mass is 16.5. The number of rotatable bonds is 6. The molecule has 2 atom stereocenters. The molecule has 0 aromatic heterocycles. The largest absolute Gasteiger partial charge is 0.379 e. The minimum absolute atomic E-state index is 0.0112. The van der Waals surface area contributed by atoms with Gasteiger partial charge in [-0.05, 0) is 34.1 Å². The second kappa shape index (κ2) is 6.08. The Morgan fingerprint density at radius 2 is 1.93 bits per heavy atom. The molecule has 0 aromatic carbocycles. The van der Waals surface area contributed by atoms with Gasteiger partial charge in [-0.2, -0.15) is 0 Å². The van der Waals surface area contributed by atoms with Crippen molar-refractivity contribution < 1.29 is 9.53 Å². The number of hydrogen-bond donors (Lipinski definition) is 2. The number of likely N-dealkylation sites (N-methyl/N-ethyl adjacent to an activating group) is 1. The first-order chi connectivity index (χ1) is 6.82. The standard InChI is InChI=1S/C11H24N2O2/c1-8(7-11(3,4)15-6)13-9(2)10(14)12-5/h8-9,13H,7H2,1-6H3,(H,12,14). The topological polar surface area (TPSA) is 50.4 Å². The summed E-state index contributed by atoms with van der Waals surface area (Å²) in [5.41, 5.74) is -0.158. The van der Waals surface area contributed by atoms with Crippen molar-refractivity contribution in [3.8, 4) is 0 Å². The summed E-state index contributed by atoms with van der Waals surface area (Å²) in [7, 11) is 3.35. The molecular weight excluding hydrogens is 192 g/mol. The molecule has 4 nitrogen and oxygen atoms in total. The van der Waals surface area contributed by atoms with Gasteiger partial charge in [0.05, 0.1) is 11.6 Å². The molecule has 4 heteroatoms. The van der Waals surface area contributed by atoms with Gasteiger partial charge in [-0.1, -0.05) is 0 Å². The lowest BCUT2D eigenvalue weighted by molar-refractivity contribution is -0.122. The Labute approximate surface area is 92.8 Å². The van der Waals surface area contributed by atoms with E-state index in [2.05, 4.69) is 17.6 Å². The van der Waals surface area contributed by atoms with Crippen molar-refractivity contribution in [2.45, 2.75) is 51.8 Å². The average Bonchev–Trinajstić information content (AvgIpc) is 2.15. The second-order valence-electron chi connectivity index (χ2n) is 4.57. The fourth-order valence-corrected chi connectivity index (χ4v) is 1.60. The van der Waals surface area contributed by atoms with Crippen LogP contribution in [-0.4, -0.2) is 37.7 Å². The van der Waals surface area contributed by atoms with Crippen LogP contribution in [0.15, 0.2) is 0 Å². The van der Waals surface area contributed by atoms with Crippen LogP contribution in [0.3, 0.4) is 0 Å². The molecule has 0 saturated heterocycles. The Kier molecular flexibility index (Phi) is 5.83. The summed E-state index contributed by atoms with van der Waals surface area (Å²) < 4.78 is 5.34. The van der Waals surface area contributed by atoms with Crippen LogP contribution in [0.25, 0.3) is 0 Å². The Morgan fingerprint density at radius 3 is 2.33 bits per heavy atom. The molecule has 0 aliphatic carbocycles. The molecule has 0 aliphatic rings. The number of ether oxygens (including phenoxy) is 1. The van der Waals surface area contributed by atoms with E-state index in [4.69, 9.17) is 4.74 Å². The third kappa shape index (κ3) is 5.74. The molecule has 0 aliphatic heterocycles. The SMILES string of the molecule is CNC(=O)C(C)NC(C)CC(C)(C)OC. The first-order valence-electron chi connectivity index (χ1n) is 5.35. The van der Waals surface area contributed by atoms with Gasteiger partial charge in [-0.25, -0.2) is 0 Å². The van der Waals surface area contributed by atoms with E-state index < -0.39 is 0 Å². The Balaban J connectivity index is 4.03.